The summed E-state index contributed by atoms with van der Waals surface area (Å²) in [6.45, 7) is 0.444. The van der Waals surface area contributed by atoms with Gasteiger partial charge in [0.25, 0.3) is 0 Å². The minimum Gasteiger partial charge on any atom is -0.328 e. The van der Waals surface area contributed by atoms with Crippen molar-refractivity contribution < 1.29 is 9.59 Å². The first-order valence-corrected chi connectivity index (χ1v) is 7.66. The normalized spacial score (nSPS) is 17.8. The summed E-state index contributed by atoms with van der Waals surface area (Å²) in [5.41, 5.74) is 1.63. The van der Waals surface area contributed by atoms with E-state index in [0.29, 0.717) is 30.0 Å². The Morgan fingerprint density at radius 2 is 1.77 bits per heavy atom. The van der Waals surface area contributed by atoms with Crippen LogP contribution in [0.1, 0.15) is 28.8 Å². The zero-order valence-corrected chi connectivity index (χ0v) is 12.8. The van der Waals surface area contributed by atoms with Crippen molar-refractivity contribution >= 4 is 23.3 Å². The second kappa shape index (κ2) is 6.32. The van der Waals surface area contributed by atoms with Crippen LogP contribution in [0.2, 0.25) is 5.02 Å². The van der Waals surface area contributed by atoms with Crippen molar-refractivity contribution in [2.75, 3.05) is 0 Å². The summed E-state index contributed by atoms with van der Waals surface area (Å²) in [6, 6.07) is 16.2. The zero-order chi connectivity index (χ0) is 15.5. The molecule has 3 nitrogen and oxygen atoms in total. The van der Waals surface area contributed by atoms with Crippen LogP contribution < -0.4 is 0 Å². The molecule has 1 atom stereocenters. The molecule has 2 aromatic carbocycles. The van der Waals surface area contributed by atoms with Crippen molar-refractivity contribution in [3.63, 3.8) is 0 Å². The minimum absolute atomic E-state index is 0.0143. The highest BCUT2D eigenvalue weighted by Crippen LogP contribution is 2.25. The van der Waals surface area contributed by atoms with Crippen molar-refractivity contribution in [1.82, 2.24) is 4.90 Å². The maximum atomic E-state index is 12.6. The number of amides is 1. The number of rotatable bonds is 4. The molecule has 3 rings (SSSR count). The van der Waals surface area contributed by atoms with Crippen LogP contribution in [0.5, 0.6) is 0 Å². The van der Waals surface area contributed by atoms with Crippen LogP contribution in [0.4, 0.5) is 0 Å². The van der Waals surface area contributed by atoms with E-state index in [-0.39, 0.29) is 17.7 Å². The van der Waals surface area contributed by atoms with Crippen LogP contribution in [0.25, 0.3) is 0 Å². The van der Waals surface area contributed by atoms with Gasteiger partial charge in [-0.25, -0.2) is 0 Å². The number of hydrogen-bond donors (Lipinski definition) is 0. The first-order chi connectivity index (χ1) is 10.6. The molecule has 0 spiro atoms. The molecule has 1 saturated heterocycles. The molecule has 2 aromatic rings. The highest BCUT2D eigenvalue weighted by molar-refractivity contribution is 6.30. The van der Waals surface area contributed by atoms with Crippen LogP contribution in [-0.4, -0.2) is 22.6 Å². The maximum Gasteiger partial charge on any atom is 0.223 e. The second-order valence-corrected chi connectivity index (χ2v) is 5.87. The quantitative estimate of drug-likeness (QED) is 0.807. The van der Waals surface area contributed by atoms with Crippen molar-refractivity contribution in [3.05, 3.63) is 70.7 Å². The minimum atomic E-state index is -0.370. The fourth-order valence-corrected chi connectivity index (χ4v) is 2.91. The third-order valence-corrected chi connectivity index (χ3v) is 4.21. The molecule has 112 valence electrons. The zero-order valence-electron chi connectivity index (χ0n) is 12.0. The van der Waals surface area contributed by atoms with Gasteiger partial charge in [-0.15, -0.1) is 0 Å². The summed E-state index contributed by atoms with van der Waals surface area (Å²) in [5.74, 6) is 0.0460. The van der Waals surface area contributed by atoms with E-state index in [4.69, 9.17) is 11.6 Å². The van der Waals surface area contributed by atoms with Crippen molar-refractivity contribution in [2.24, 2.45) is 0 Å². The monoisotopic (exact) mass is 313 g/mol. The molecular weight excluding hydrogens is 298 g/mol. The third kappa shape index (κ3) is 3.04. The summed E-state index contributed by atoms with van der Waals surface area (Å²) < 4.78 is 0. The Kier molecular flexibility index (Phi) is 4.25. The lowest BCUT2D eigenvalue weighted by Gasteiger charge is -2.24. The van der Waals surface area contributed by atoms with E-state index in [1.807, 2.05) is 30.3 Å². The Morgan fingerprint density at radius 3 is 2.45 bits per heavy atom. The van der Waals surface area contributed by atoms with E-state index < -0.39 is 0 Å². The summed E-state index contributed by atoms with van der Waals surface area (Å²) in [6.07, 6.45) is 1.01. The highest BCUT2D eigenvalue weighted by Gasteiger charge is 2.36. The number of halogens is 1. The smallest absolute Gasteiger partial charge is 0.223 e. The van der Waals surface area contributed by atoms with Gasteiger partial charge in [-0.1, -0.05) is 54.1 Å². The Morgan fingerprint density at radius 1 is 1.09 bits per heavy atom. The number of carbonyl (C=O) groups is 2. The molecule has 1 fully saturated rings. The lowest BCUT2D eigenvalue weighted by molar-refractivity contribution is -0.129. The molecule has 0 radical (unpaired) electrons. The van der Waals surface area contributed by atoms with E-state index in [1.54, 1.807) is 29.2 Å². The fourth-order valence-electron chi connectivity index (χ4n) is 2.79. The van der Waals surface area contributed by atoms with Crippen molar-refractivity contribution in [1.29, 1.82) is 0 Å². The van der Waals surface area contributed by atoms with Crippen LogP contribution >= 0.6 is 11.6 Å². The SMILES string of the molecule is O=C(c1ccccc1)C1CCC(=O)N1Cc1ccc(Cl)cc1. The predicted octanol–water partition coefficient (Wildman–Crippen LogP) is 3.71. The summed E-state index contributed by atoms with van der Waals surface area (Å²) in [4.78, 5) is 26.5. The number of benzene rings is 2. The molecule has 0 bridgehead atoms. The first-order valence-electron chi connectivity index (χ1n) is 7.28. The third-order valence-electron chi connectivity index (χ3n) is 3.96. The summed E-state index contributed by atoms with van der Waals surface area (Å²) >= 11 is 5.88. The Bertz CT molecular complexity index is 682. The van der Waals surface area contributed by atoms with Gasteiger partial charge >= 0.3 is 0 Å². The van der Waals surface area contributed by atoms with Gasteiger partial charge in [0, 0.05) is 23.6 Å². The number of carbonyl (C=O) groups excluding carboxylic acids is 2. The van der Waals surface area contributed by atoms with Crippen molar-refractivity contribution in [2.45, 2.75) is 25.4 Å². The maximum absolute atomic E-state index is 12.6. The molecule has 0 aromatic heterocycles. The standard InChI is InChI=1S/C18H16ClNO2/c19-15-8-6-13(7-9-15)12-20-16(10-11-17(20)21)18(22)14-4-2-1-3-5-14/h1-9,16H,10-12H2. The molecule has 0 aliphatic carbocycles. The number of nitrogens with zero attached hydrogens (tertiary/aromatic N) is 1. The van der Waals surface area contributed by atoms with Crippen molar-refractivity contribution in [3.8, 4) is 0 Å². The summed E-state index contributed by atoms with van der Waals surface area (Å²) in [7, 11) is 0. The van der Waals surface area contributed by atoms with Crippen LogP contribution in [0.15, 0.2) is 54.6 Å². The Hall–Kier alpha value is -2.13. The molecule has 4 heteroatoms. The van der Waals surface area contributed by atoms with E-state index >= 15 is 0 Å². The fraction of sp³-hybridized carbons (Fsp3) is 0.222. The van der Waals surface area contributed by atoms with E-state index in [1.165, 1.54) is 0 Å². The van der Waals surface area contributed by atoms with Gasteiger partial charge in [-0.2, -0.15) is 0 Å². The van der Waals surface area contributed by atoms with Gasteiger partial charge < -0.3 is 4.90 Å². The molecule has 22 heavy (non-hydrogen) atoms. The largest absolute Gasteiger partial charge is 0.328 e. The van der Waals surface area contributed by atoms with Crippen LogP contribution in [-0.2, 0) is 11.3 Å². The predicted molar refractivity (Wildman–Crippen MR) is 85.8 cm³/mol. The molecule has 1 aliphatic heterocycles. The number of likely N-dealkylation sites (tertiary alicyclic amines) is 1. The molecule has 0 saturated carbocycles. The number of Topliss-reactive ketones (excluding diaryl/α,β-unsaturated/α-hetero) is 1. The first kappa shape index (κ1) is 14.8. The van der Waals surface area contributed by atoms with E-state index in [9.17, 15) is 9.59 Å². The Balaban J connectivity index is 1.80. The van der Waals surface area contributed by atoms with Gasteiger partial charge in [0.2, 0.25) is 5.91 Å². The second-order valence-electron chi connectivity index (χ2n) is 5.43. The topological polar surface area (TPSA) is 37.4 Å². The average Bonchev–Trinajstić information content (AvgIpc) is 2.91. The van der Waals surface area contributed by atoms with Gasteiger partial charge in [0.15, 0.2) is 5.78 Å². The average molecular weight is 314 g/mol. The highest BCUT2D eigenvalue weighted by atomic mass is 35.5. The van der Waals surface area contributed by atoms with E-state index in [2.05, 4.69) is 0 Å². The number of ketones is 1. The molecule has 0 N–H and O–H groups in total. The lowest BCUT2D eigenvalue weighted by Crippen LogP contribution is -2.38. The van der Waals surface area contributed by atoms with Gasteiger partial charge in [0.05, 0.1) is 6.04 Å². The van der Waals surface area contributed by atoms with Gasteiger partial charge in [-0.3, -0.25) is 9.59 Å². The lowest BCUT2D eigenvalue weighted by atomic mass is 10.0. The Labute approximate surface area is 134 Å². The summed E-state index contributed by atoms with van der Waals surface area (Å²) in [5, 5.41) is 0.661. The molecule has 1 heterocycles. The molecular formula is C18H16ClNO2. The molecule has 1 aliphatic rings. The molecule has 1 amide bonds. The van der Waals surface area contributed by atoms with Gasteiger partial charge in [0.1, 0.15) is 0 Å². The van der Waals surface area contributed by atoms with Gasteiger partial charge in [-0.05, 0) is 24.1 Å². The number of hydrogen-bond acceptors (Lipinski definition) is 2. The van der Waals surface area contributed by atoms with Crippen LogP contribution in [0.3, 0.4) is 0 Å². The van der Waals surface area contributed by atoms with Crippen LogP contribution in [0, 0.1) is 0 Å². The van der Waals surface area contributed by atoms with E-state index in [0.717, 1.165) is 5.56 Å². The molecule has 1 unspecified atom stereocenters.